The van der Waals surface area contributed by atoms with Crippen LogP contribution in [-0.4, -0.2) is 44.2 Å². The Bertz CT molecular complexity index is 475. The number of guanidine groups is 1. The summed E-state index contributed by atoms with van der Waals surface area (Å²) in [6.07, 6.45) is 4.21. The molecule has 1 aromatic carbocycles. The second-order valence-corrected chi connectivity index (χ2v) is 7.28. The summed E-state index contributed by atoms with van der Waals surface area (Å²) in [5.74, 6) is 1.79. The number of hydrogen-bond donors (Lipinski definition) is 2. The van der Waals surface area contributed by atoms with E-state index in [1.54, 1.807) is 7.11 Å². The number of ether oxygens (including phenoxy) is 1. The summed E-state index contributed by atoms with van der Waals surface area (Å²) >= 11 is 1.85. The maximum Gasteiger partial charge on any atom is 0.191 e. The number of aliphatic imine (C=N–C) groups is 1. The molecule has 0 aliphatic carbocycles. The lowest BCUT2D eigenvalue weighted by Gasteiger charge is -2.23. The second-order valence-electron chi connectivity index (χ2n) is 5.77. The molecule has 0 unspecified atom stereocenters. The minimum Gasteiger partial charge on any atom is -0.497 e. The summed E-state index contributed by atoms with van der Waals surface area (Å²) < 4.78 is 5.45. The summed E-state index contributed by atoms with van der Waals surface area (Å²) in [5.41, 5.74) is 1.30. The van der Waals surface area contributed by atoms with E-state index in [9.17, 15) is 0 Å². The van der Waals surface area contributed by atoms with Crippen molar-refractivity contribution < 1.29 is 4.74 Å². The van der Waals surface area contributed by atoms with Gasteiger partial charge in [0.15, 0.2) is 5.96 Å². The van der Waals surface area contributed by atoms with Crippen LogP contribution in [0.15, 0.2) is 29.3 Å². The first-order chi connectivity index (χ1) is 10.5. The predicted molar refractivity (Wildman–Crippen MR) is 98.3 cm³/mol. The van der Waals surface area contributed by atoms with E-state index in [2.05, 4.69) is 47.9 Å². The summed E-state index contributed by atoms with van der Waals surface area (Å²) in [4.78, 5) is 4.26. The van der Waals surface area contributed by atoms with Gasteiger partial charge in [-0.3, -0.25) is 4.99 Å². The topological polar surface area (TPSA) is 45.7 Å². The van der Waals surface area contributed by atoms with Crippen LogP contribution in [0, 0.1) is 0 Å². The van der Waals surface area contributed by atoms with Crippen LogP contribution in [0.5, 0.6) is 5.75 Å². The fourth-order valence-corrected chi connectivity index (χ4v) is 2.13. The smallest absolute Gasteiger partial charge is 0.191 e. The van der Waals surface area contributed by atoms with Crippen LogP contribution in [0.25, 0.3) is 0 Å². The number of rotatable bonds is 8. The van der Waals surface area contributed by atoms with Crippen molar-refractivity contribution in [1.29, 1.82) is 0 Å². The first-order valence-electron chi connectivity index (χ1n) is 7.63. The van der Waals surface area contributed by atoms with E-state index in [-0.39, 0.29) is 4.75 Å². The lowest BCUT2D eigenvalue weighted by molar-refractivity contribution is 0.414. The number of hydrogen-bond acceptors (Lipinski definition) is 3. The summed E-state index contributed by atoms with van der Waals surface area (Å²) in [7, 11) is 3.51. The first kappa shape index (κ1) is 18.7. The molecule has 2 N–H and O–H groups in total. The Hall–Kier alpha value is -1.36. The first-order valence-corrected chi connectivity index (χ1v) is 8.86. The van der Waals surface area contributed by atoms with Crippen molar-refractivity contribution >= 4 is 17.7 Å². The van der Waals surface area contributed by atoms with Gasteiger partial charge >= 0.3 is 0 Å². The highest BCUT2D eigenvalue weighted by Crippen LogP contribution is 2.19. The minimum atomic E-state index is 0.207. The molecule has 0 radical (unpaired) electrons. The van der Waals surface area contributed by atoms with Crippen molar-refractivity contribution in [1.82, 2.24) is 10.6 Å². The molecule has 0 aliphatic heterocycles. The van der Waals surface area contributed by atoms with Gasteiger partial charge in [0.05, 0.1) is 7.11 Å². The number of aryl methyl sites for hydroxylation is 1. The molecule has 1 rings (SSSR count). The maximum absolute atomic E-state index is 5.24. The molecule has 124 valence electrons. The molecule has 0 spiro atoms. The van der Waals surface area contributed by atoms with E-state index in [1.807, 2.05) is 30.9 Å². The average Bonchev–Trinajstić information content (AvgIpc) is 2.54. The maximum atomic E-state index is 5.24. The van der Waals surface area contributed by atoms with E-state index in [0.29, 0.717) is 0 Å². The van der Waals surface area contributed by atoms with Crippen LogP contribution in [-0.2, 0) is 6.42 Å². The van der Waals surface area contributed by atoms with Gasteiger partial charge in [-0.05, 0) is 50.6 Å². The zero-order valence-electron chi connectivity index (χ0n) is 14.4. The van der Waals surface area contributed by atoms with E-state index in [0.717, 1.165) is 37.6 Å². The van der Waals surface area contributed by atoms with Crippen LogP contribution < -0.4 is 15.4 Å². The van der Waals surface area contributed by atoms with Gasteiger partial charge in [-0.15, -0.1) is 0 Å². The molecule has 0 amide bonds. The molecule has 22 heavy (non-hydrogen) atoms. The molecule has 0 saturated carbocycles. The van der Waals surface area contributed by atoms with Crippen LogP contribution in [0.3, 0.4) is 0 Å². The Kier molecular flexibility index (Phi) is 8.17. The normalized spacial score (nSPS) is 12.1. The molecule has 0 aromatic heterocycles. The predicted octanol–water partition coefficient (Wildman–Crippen LogP) is 2.93. The quantitative estimate of drug-likeness (QED) is 0.439. The van der Waals surface area contributed by atoms with Crippen LogP contribution in [0.2, 0.25) is 0 Å². The molecule has 0 bridgehead atoms. The molecular formula is C17H29N3OS. The minimum absolute atomic E-state index is 0.207. The molecular weight excluding hydrogens is 294 g/mol. The number of nitrogens with one attached hydrogen (secondary N) is 2. The van der Waals surface area contributed by atoms with Crippen molar-refractivity contribution in [3.8, 4) is 5.75 Å². The van der Waals surface area contributed by atoms with Crippen LogP contribution in [0.4, 0.5) is 0 Å². The molecule has 0 fully saturated rings. The Morgan fingerprint density at radius 2 is 2.09 bits per heavy atom. The average molecular weight is 324 g/mol. The summed E-state index contributed by atoms with van der Waals surface area (Å²) in [6.45, 7) is 6.24. The third kappa shape index (κ3) is 7.07. The Morgan fingerprint density at radius 3 is 2.73 bits per heavy atom. The zero-order chi connectivity index (χ0) is 16.4. The fraction of sp³-hybridized carbons (Fsp3) is 0.588. The third-order valence-corrected chi connectivity index (χ3v) is 4.78. The van der Waals surface area contributed by atoms with Crippen molar-refractivity contribution in [2.45, 2.75) is 31.4 Å². The van der Waals surface area contributed by atoms with Crippen LogP contribution in [0.1, 0.15) is 25.8 Å². The van der Waals surface area contributed by atoms with Gasteiger partial charge in [-0.1, -0.05) is 12.1 Å². The lowest BCUT2D eigenvalue weighted by atomic mass is 10.1. The van der Waals surface area contributed by atoms with E-state index in [1.165, 1.54) is 5.56 Å². The van der Waals surface area contributed by atoms with Gasteiger partial charge in [-0.2, -0.15) is 11.8 Å². The van der Waals surface area contributed by atoms with Crippen molar-refractivity contribution in [2.24, 2.45) is 4.99 Å². The highest BCUT2D eigenvalue weighted by atomic mass is 32.2. The molecule has 0 aliphatic rings. The van der Waals surface area contributed by atoms with Gasteiger partial charge in [-0.25, -0.2) is 0 Å². The molecule has 0 saturated heterocycles. The van der Waals surface area contributed by atoms with Gasteiger partial charge < -0.3 is 15.4 Å². The van der Waals surface area contributed by atoms with Gasteiger partial charge in [0.2, 0.25) is 0 Å². The van der Waals surface area contributed by atoms with Crippen molar-refractivity contribution in [3.63, 3.8) is 0 Å². The lowest BCUT2D eigenvalue weighted by Crippen LogP contribution is -2.43. The van der Waals surface area contributed by atoms with Gasteiger partial charge in [0.1, 0.15) is 5.75 Å². The number of thioether (sulfide) groups is 1. The monoisotopic (exact) mass is 323 g/mol. The molecule has 4 nitrogen and oxygen atoms in total. The van der Waals surface area contributed by atoms with Gasteiger partial charge in [0.25, 0.3) is 0 Å². The number of nitrogens with zero attached hydrogens (tertiary/aromatic N) is 1. The van der Waals surface area contributed by atoms with Crippen LogP contribution >= 0.6 is 11.8 Å². The molecule has 0 atom stereocenters. The molecule has 1 aromatic rings. The number of benzene rings is 1. The standard InChI is InChI=1S/C17H29N3OS/c1-17(2,22-5)13-20-16(18-3)19-11-7-9-14-8-6-10-15(12-14)21-4/h6,8,10,12H,7,9,11,13H2,1-5H3,(H2,18,19,20). The summed E-state index contributed by atoms with van der Waals surface area (Å²) in [6, 6.07) is 8.23. The van der Waals surface area contributed by atoms with Crippen molar-refractivity contribution in [3.05, 3.63) is 29.8 Å². The van der Waals surface area contributed by atoms with Gasteiger partial charge in [0, 0.05) is 24.9 Å². The molecule has 0 heterocycles. The Morgan fingerprint density at radius 1 is 1.32 bits per heavy atom. The highest BCUT2D eigenvalue weighted by Gasteiger charge is 2.15. The van der Waals surface area contributed by atoms with E-state index >= 15 is 0 Å². The Labute approximate surface area is 139 Å². The second kappa shape index (κ2) is 9.62. The van der Waals surface area contributed by atoms with E-state index < -0.39 is 0 Å². The third-order valence-electron chi connectivity index (χ3n) is 3.53. The number of methoxy groups -OCH3 is 1. The molecule has 5 heteroatoms. The zero-order valence-corrected chi connectivity index (χ0v) is 15.2. The fourth-order valence-electron chi connectivity index (χ4n) is 1.92. The summed E-state index contributed by atoms with van der Waals surface area (Å²) in [5, 5.41) is 6.74. The largest absolute Gasteiger partial charge is 0.497 e. The highest BCUT2D eigenvalue weighted by molar-refractivity contribution is 7.99. The SMILES string of the molecule is CN=C(NCCCc1cccc(OC)c1)NCC(C)(C)SC. The van der Waals surface area contributed by atoms with E-state index in [4.69, 9.17) is 4.74 Å². The van der Waals surface area contributed by atoms with Crippen molar-refractivity contribution in [2.75, 3.05) is 33.5 Å². The Balaban J connectivity index is 2.30.